The molecule has 1 atom stereocenters. The van der Waals surface area contributed by atoms with Crippen molar-refractivity contribution in [1.29, 1.82) is 0 Å². The highest BCUT2D eigenvalue weighted by Crippen LogP contribution is 2.30. The minimum atomic E-state index is -0.542. The average Bonchev–Trinajstić information content (AvgIpc) is 3.32. The summed E-state index contributed by atoms with van der Waals surface area (Å²) in [6.07, 6.45) is 11.5. The molecule has 48 heavy (non-hydrogen) atoms. The number of thiophene rings is 1. The Bertz CT molecular complexity index is 1530. The number of piperidine rings is 2. The maximum absolute atomic E-state index is 14.2. The first-order valence-corrected chi connectivity index (χ1v) is 18.7. The number of carbonyl (C=O) groups excluding carboxylic acids is 3. The van der Waals surface area contributed by atoms with E-state index < -0.39 is 5.92 Å². The van der Waals surface area contributed by atoms with Gasteiger partial charge in [0.15, 0.2) is 0 Å². The van der Waals surface area contributed by atoms with Crippen molar-refractivity contribution < 1.29 is 14.4 Å². The Kier molecular flexibility index (Phi) is 11.2. The molecule has 1 aromatic carbocycles. The smallest absolute Gasteiger partial charge is 0.322 e. The number of benzene rings is 1. The topological polar surface area (TPSA) is 105 Å². The third-order valence-electron chi connectivity index (χ3n) is 10.8. The molecule has 0 bridgehead atoms. The number of likely N-dealkylation sites (tertiary alicyclic amines) is 2. The first-order valence-electron chi connectivity index (χ1n) is 17.4. The van der Waals surface area contributed by atoms with Gasteiger partial charge in [0.1, 0.15) is 0 Å². The Labute approximate surface area is 293 Å². The number of urea groups is 1. The summed E-state index contributed by atoms with van der Waals surface area (Å²) >= 11 is 8.04. The number of halogens is 1. The number of hydrogen-bond donors (Lipinski definition) is 2. The third kappa shape index (κ3) is 7.94. The molecule has 4 amide bonds. The summed E-state index contributed by atoms with van der Waals surface area (Å²) in [4.78, 5) is 51.8. The van der Waals surface area contributed by atoms with Gasteiger partial charge in [-0.2, -0.15) is 0 Å². The van der Waals surface area contributed by atoms with E-state index in [0.717, 1.165) is 56.7 Å². The van der Waals surface area contributed by atoms with Crippen LogP contribution in [0.2, 0.25) is 5.02 Å². The summed E-state index contributed by atoms with van der Waals surface area (Å²) in [7, 11) is 2.18. The van der Waals surface area contributed by atoms with Gasteiger partial charge >= 0.3 is 6.03 Å². The lowest BCUT2D eigenvalue weighted by atomic mass is 9.91. The van der Waals surface area contributed by atoms with Crippen molar-refractivity contribution >= 4 is 52.2 Å². The first kappa shape index (κ1) is 34.6. The summed E-state index contributed by atoms with van der Waals surface area (Å²) in [5.41, 5.74) is 9.82. The van der Waals surface area contributed by atoms with Gasteiger partial charge in [-0.15, -0.1) is 17.8 Å². The van der Waals surface area contributed by atoms with Crippen LogP contribution in [0.15, 0.2) is 22.9 Å². The highest BCUT2D eigenvalue weighted by Gasteiger charge is 2.35. The van der Waals surface area contributed by atoms with Gasteiger partial charge in [-0.3, -0.25) is 14.5 Å². The minimum absolute atomic E-state index is 0.0102. The summed E-state index contributed by atoms with van der Waals surface area (Å²) in [5, 5.41) is 7.50. The molecule has 10 nitrogen and oxygen atoms in total. The fourth-order valence-corrected chi connectivity index (χ4v) is 8.92. The van der Waals surface area contributed by atoms with E-state index >= 15 is 0 Å². The maximum atomic E-state index is 14.2. The molecule has 4 aliphatic rings. The Morgan fingerprint density at radius 2 is 1.73 bits per heavy atom. The molecule has 0 aliphatic carbocycles. The molecule has 0 saturated carbocycles. The predicted octanol–water partition coefficient (Wildman–Crippen LogP) is 4.22. The number of terminal acetylenes is 1. The highest BCUT2D eigenvalue weighted by atomic mass is 35.5. The third-order valence-corrected chi connectivity index (χ3v) is 11.9. The second-order valence-corrected chi connectivity index (χ2v) is 15.0. The predicted molar refractivity (Wildman–Crippen MR) is 192 cm³/mol. The van der Waals surface area contributed by atoms with Crippen molar-refractivity contribution in [2.75, 3.05) is 77.0 Å². The number of carbonyl (C=O) groups is 3. The van der Waals surface area contributed by atoms with Gasteiger partial charge in [0.25, 0.3) is 0 Å². The first-order chi connectivity index (χ1) is 23.2. The molecular formula is C36H48ClN7O3S. The molecule has 0 spiro atoms. The van der Waals surface area contributed by atoms with Crippen LogP contribution >= 0.6 is 22.9 Å². The maximum Gasteiger partial charge on any atom is 0.322 e. The normalized spacial score (nSPS) is 21.2. The molecular weight excluding hydrogens is 646 g/mol. The van der Waals surface area contributed by atoms with E-state index in [2.05, 4.69) is 33.5 Å². The standard InChI is InChI=1S/C36H48ClN7O3S/c1-3-26-19-25(21-31(37)34(26)38)20-28(35(46)43-14-6-29(7-15-43)41-11-4-10-40(2)17-18-41)22-33(45)42-12-8-30(9-13-42)44-16-5-27-23-48-24-32(27)39-36(44)47/h1,19,21,23-24,28-30H,4-18,20,22,38H2,2H3,(H,39,47)/t28-/m0/s1. The van der Waals surface area contributed by atoms with E-state index in [0.29, 0.717) is 74.3 Å². The van der Waals surface area contributed by atoms with Crippen LogP contribution in [-0.2, 0) is 22.4 Å². The summed E-state index contributed by atoms with van der Waals surface area (Å²) < 4.78 is 0. The van der Waals surface area contributed by atoms with Crippen LogP contribution < -0.4 is 11.1 Å². The van der Waals surface area contributed by atoms with E-state index in [4.69, 9.17) is 23.8 Å². The molecule has 3 fully saturated rings. The fourth-order valence-electron chi connectivity index (χ4n) is 7.86. The number of likely N-dealkylation sites (N-methyl/N-ethyl adjacent to an activating group) is 1. The van der Waals surface area contributed by atoms with Crippen molar-refractivity contribution in [1.82, 2.24) is 24.5 Å². The van der Waals surface area contributed by atoms with Gasteiger partial charge in [-0.05, 0) is 93.7 Å². The van der Waals surface area contributed by atoms with Crippen molar-refractivity contribution in [3.05, 3.63) is 44.6 Å². The molecule has 3 N–H and O–H groups in total. The van der Waals surface area contributed by atoms with Crippen molar-refractivity contribution in [3.63, 3.8) is 0 Å². The lowest BCUT2D eigenvalue weighted by Crippen LogP contribution is -2.51. The lowest BCUT2D eigenvalue weighted by Gasteiger charge is -2.40. The van der Waals surface area contributed by atoms with Crippen molar-refractivity contribution in [2.45, 2.75) is 63.5 Å². The van der Waals surface area contributed by atoms with Gasteiger partial charge in [-0.1, -0.05) is 17.5 Å². The highest BCUT2D eigenvalue weighted by molar-refractivity contribution is 7.08. The fraction of sp³-hybridized carbons (Fsp3) is 0.583. The van der Waals surface area contributed by atoms with E-state index in [1.54, 1.807) is 17.4 Å². The molecule has 0 unspecified atom stereocenters. The van der Waals surface area contributed by atoms with Gasteiger partial charge in [0, 0.05) is 75.3 Å². The number of hydrogen-bond acceptors (Lipinski definition) is 7. The number of nitrogens with one attached hydrogen (secondary N) is 1. The molecule has 4 aliphatic heterocycles. The van der Waals surface area contributed by atoms with Crippen LogP contribution in [0, 0.1) is 18.3 Å². The SMILES string of the molecule is C#Cc1cc(C[C@@H](CC(=O)N2CCC(N3CCc4cscc4NC3=O)CC2)C(=O)N2CCC(N3CCCN(C)CC3)CC2)cc(Cl)c1N. The van der Waals surface area contributed by atoms with Crippen LogP contribution in [0.3, 0.4) is 0 Å². The lowest BCUT2D eigenvalue weighted by molar-refractivity contribution is -0.143. The summed E-state index contributed by atoms with van der Waals surface area (Å²) in [6.45, 7) is 7.53. The van der Waals surface area contributed by atoms with E-state index in [9.17, 15) is 14.4 Å². The van der Waals surface area contributed by atoms with Crippen LogP contribution in [0.4, 0.5) is 16.2 Å². The van der Waals surface area contributed by atoms with Crippen LogP contribution in [-0.4, -0.2) is 120 Å². The van der Waals surface area contributed by atoms with E-state index in [1.165, 1.54) is 12.0 Å². The van der Waals surface area contributed by atoms with Gasteiger partial charge < -0.3 is 30.7 Å². The zero-order valence-electron chi connectivity index (χ0n) is 28.0. The molecule has 12 heteroatoms. The van der Waals surface area contributed by atoms with Crippen LogP contribution in [0.1, 0.15) is 55.2 Å². The molecule has 6 rings (SSSR count). The number of rotatable bonds is 7. The largest absolute Gasteiger partial charge is 0.397 e. The Morgan fingerprint density at radius 1 is 1.00 bits per heavy atom. The number of nitrogens with zero attached hydrogens (tertiary/aromatic N) is 5. The Balaban J connectivity index is 1.10. The number of nitrogen functional groups attached to an aromatic ring is 1. The van der Waals surface area contributed by atoms with Crippen molar-refractivity contribution in [3.8, 4) is 12.3 Å². The van der Waals surface area contributed by atoms with Gasteiger partial charge in [-0.25, -0.2) is 4.79 Å². The Hall–Kier alpha value is -3.30. The number of fused-ring (bicyclic) bond motifs is 1. The van der Waals surface area contributed by atoms with E-state index in [1.807, 2.05) is 26.1 Å². The quantitative estimate of drug-likeness (QED) is 0.333. The minimum Gasteiger partial charge on any atom is -0.397 e. The van der Waals surface area contributed by atoms with Gasteiger partial charge in [0.05, 0.1) is 22.3 Å². The van der Waals surface area contributed by atoms with Crippen LogP contribution in [0.5, 0.6) is 0 Å². The number of anilines is 2. The Morgan fingerprint density at radius 3 is 2.48 bits per heavy atom. The number of nitrogens with two attached hydrogens (primary N) is 1. The van der Waals surface area contributed by atoms with Crippen molar-refractivity contribution in [2.24, 2.45) is 5.92 Å². The van der Waals surface area contributed by atoms with Crippen LogP contribution in [0.25, 0.3) is 0 Å². The van der Waals surface area contributed by atoms with E-state index in [-0.39, 0.29) is 30.3 Å². The molecule has 0 radical (unpaired) electrons. The zero-order chi connectivity index (χ0) is 33.8. The monoisotopic (exact) mass is 693 g/mol. The van der Waals surface area contributed by atoms with Gasteiger partial charge in [0.2, 0.25) is 11.8 Å². The molecule has 2 aromatic rings. The molecule has 1 aromatic heterocycles. The average molecular weight is 694 g/mol. The number of amides is 4. The molecule has 3 saturated heterocycles. The molecule has 258 valence electrons. The summed E-state index contributed by atoms with van der Waals surface area (Å²) in [6, 6.07) is 4.06. The molecule has 5 heterocycles. The zero-order valence-corrected chi connectivity index (χ0v) is 29.5. The second-order valence-electron chi connectivity index (χ2n) is 13.8. The second kappa shape index (κ2) is 15.5. The summed E-state index contributed by atoms with van der Waals surface area (Å²) in [5.74, 6) is 2.04.